The zero-order chi connectivity index (χ0) is 23.5. The summed E-state index contributed by atoms with van der Waals surface area (Å²) in [5.74, 6) is -3.70. The number of likely N-dealkylation sites (N-methyl/N-ethyl adjacent to an activating group) is 1. The molecule has 172 valence electrons. The molecule has 0 saturated carbocycles. The van der Waals surface area contributed by atoms with Crippen LogP contribution >= 0.6 is 11.8 Å². The van der Waals surface area contributed by atoms with Crippen LogP contribution in [0, 0.1) is 11.3 Å². The maximum atomic E-state index is 12.6. The highest BCUT2D eigenvalue weighted by molar-refractivity contribution is 8.03. The van der Waals surface area contributed by atoms with Gasteiger partial charge in [-0.2, -0.15) is 8.78 Å². The highest BCUT2D eigenvalue weighted by atomic mass is 32.2. The summed E-state index contributed by atoms with van der Waals surface area (Å²) >= 11 is 1.19. The first kappa shape index (κ1) is 24.6. The number of halogens is 2. The van der Waals surface area contributed by atoms with Crippen LogP contribution in [0.25, 0.3) is 0 Å². The Kier molecular flexibility index (Phi) is 7.98. The van der Waals surface area contributed by atoms with E-state index in [1.165, 1.54) is 30.6 Å². The highest BCUT2D eigenvalue weighted by Gasteiger charge is 2.46. The number of nitrogens with zero attached hydrogens (tertiary/aromatic N) is 2. The number of rotatable bonds is 9. The van der Waals surface area contributed by atoms with Gasteiger partial charge in [-0.25, -0.2) is 4.79 Å². The van der Waals surface area contributed by atoms with E-state index in [4.69, 9.17) is 5.41 Å². The van der Waals surface area contributed by atoms with Gasteiger partial charge in [0.25, 0.3) is 5.91 Å². The van der Waals surface area contributed by atoms with Gasteiger partial charge < -0.3 is 25.5 Å². The number of hydrogen-bond acceptors (Lipinski definition) is 6. The summed E-state index contributed by atoms with van der Waals surface area (Å²) in [4.78, 5) is 50.0. The molecule has 10 nitrogen and oxygen atoms in total. The molecule has 13 heteroatoms. The Balaban J connectivity index is 2.30. The van der Waals surface area contributed by atoms with Gasteiger partial charge in [0.2, 0.25) is 12.3 Å². The van der Waals surface area contributed by atoms with E-state index in [-0.39, 0.29) is 16.9 Å². The number of aliphatic carboxylic acids is 1. The van der Waals surface area contributed by atoms with Crippen molar-refractivity contribution >= 4 is 42.3 Å². The van der Waals surface area contributed by atoms with Gasteiger partial charge in [0.05, 0.1) is 12.4 Å². The van der Waals surface area contributed by atoms with Crippen LogP contribution in [0.4, 0.5) is 8.78 Å². The number of amides is 3. The first-order valence-electron chi connectivity index (χ1n) is 9.51. The molecule has 0 aromatic carbocycles. The summed E-state index contributed by atoms with van der Waals surface area (Å²) < 4.78 is 25.3. The molecule has 2 aliphatic rings. The Morgan fingerprint density at radius 2 is 2.00 bits per heavy atom. The second kappa shape index (κ2) is 10.1. The van der Waals surface area contributed by atoms with Crippen LogP contribution in [0.2, 0.25) is 0 Å². The number of alkyl halides is 2. The maximum Gasteiger partial charge on any atom is 0.353 e. The number of carboxylic acids is 1. The van der Waals surface area contributed by atoms with Gasteiger partial charge in [0.15, 0.2) is 0 Å². The van der Waals surface area contributed by atoms with E-state index in [1.54, 1.807) is 6.92 Å². The van der Waals surface area contributed by atoms with Gasteiger partial charge in [-0.1, -0.05) is 6.92 Å². The van der Waals surface area contributed by atoms with Gasteiger partial charge in [-0.3, -0.25) is 19.8 Å². The van der Waals surface area contributed by atoms with Crippen LogP contribution in [-0.2, 0) is 19.2 Å². The van der Waals surface area contributed by atoms with Gasteiger partial charge in [0.1, 0.15) is 11.7 Å². The first-order chi connectivity index (χ1) is 14.6. The van der Waals surface area contributed by atoms with Crippen LogP contribution in [0.1, 0.15) is 20.3 Å². The molecule has 2 aliphatic heterocycles. The van der Waals surface area contributed by atoms with Crippen molar-refractivity contribution in [1.29, 1.82) is 5.41 Å². The zero-order valence-electron chi connectivity index (χ0n) is 17.2. The van der Waals surface area contributed by atoms with E-state index in [2.05, 4.69) is 10.6 Å². The summed E-state index contributed by atoms with van der Waals surface area (Å²) in [5, 5.41) is 21.7. The molecule has 5 atom stereocenters. The molecule has 0 aromatic rings. The maximum absolute atomic E-state index is 12.6. The fourth-order valence-corrected chi connectivity index (χ4v) is 5.63. The lowest BCUT2D eigenvalue weighted by Gasteiger charge is -2.31. The Morgan fingerprint density at radius 3 is 2.48 bits per heavy atom. The summed E-state index contributed by atoms with van der Waals surface area (Å²) in [6, 6.07) is -2.38. The lowest BCUT2D eigenvalue weighted by atomic mass is 9.97. The molecule has 0 aliphatic carbocycles. The normalized spacial score (nSPS) is 26.8. The predicted octanol–water partition coefficient (Wildman–Crippen LogP) is 0.0583. The molecule has 0 unspecified atom stereocenters. The minimum atomic E-state index is -3.24. The SMILES string of the molecule is CNC(=O)[C@@H]1C[C@H](SC2=C(C(=O)O)N(C=O)[C@@H]([C@@H](C)NC(=O)C(F)F)[C@H]2C)CN1C=N. The minimum Gasteiger partial charge on any atom is -0.477 e. The second-order valence-corrected chi connectivity index (χ2v) is 8.68. The topological polar surface area (TPSA) is 143 Å². The van der Waals surface area contributed by atoms with Crippen molar-refractivity contribution < 1.29 is 33.1 Å². The van der Waals surface area contributed by atoms with Gasteiger partial charge in [-0.15, -0.1) is 11.8 Å². The minimum absolute atomic E-state index is 0.242. The number of carbonyl (C=O) groups excluding carboxylic acids is 3. The summed E-state index contributed by atoms with van der Waals surface area (Å²) in [6.07, 6.45) is -1.52. The number of likely N-dealkylation sites (tertiary alicyclic amines) is 1. The second-order valence-electron chi connectivity index (χ2n) is 7.34. The summed E-state index contributed by atoms with van der Waals surface area (Å²) in [7, 11) is 1.48. The molecule has 3 amide bonds. The number of carbonyl (C=O) groups is 4. The molecule has 1 fully saturated rings. The quantitative estimate of drug-likeness (QED) is 0.216. The number of thioether (sulfide) groups is 1. The monoisotopic (exact) mass is 461 g/mol. The van der Waals surface area contributed by atoms with Crippen molar-refractivity contribution in [3.63, 3.8) is 0 Å². The average Bonchev–Trinajstić information content (AvgIpc) is 3.25. The van der Waals surface area contributed by atoms with E-state index in [0.717, 1.165) is 11.2 Å². The van der Waals surface area contributed by atoms with Crippen LogP contribution < -0.4 is 10.6 Å². The fraction of sp³-hybridized carbons (Fsp3) is 0.611. The van der Waals surface area contributed by atoms with E-state index in [9.17, 15) is 33.1 Å². The number of nitrogens with one attached hydrogen (secondary N) is 3. The highest BCUT2D eigenvalue weighted by Crippen LogP contribution is 2.45. The van der Waals surface area contributed by atoms with Crippen LogP contribution in [-0.4, -0.2) is 88.8 Å². The molecule has 1 saturated heterocycles. The molecular formula is C18H25F2N5O5S. The Morgan fingerprint density at radius 1 is 1.35 bits per heavy atom. The van der Waals surface area contributed by atoms with Gasteiger partial charge in [0, 0.05) is 35.7 Å². The lowest BCUT2D eigenvalue weighted by molar-refractivity contribution is -0.137. The van der Waals surface area contributed by atoms with E-state index >= 15 is 0 Å². The third-order valence-electron chi connectivity index (χ3n) is 5.44. The number of hydrogen-bond donors (Lipinski definition) is 4. The molecule has 4 N–H and O–H groups in total. The van der Waals surface area contributed by atoms with E-state index in [0.29, 0.717) is 24.3 Å². The number of carboxylic acid groups (broad SMARTS) is 1. The average molecular weight is 461 g/mol. The molecular weight excluding hydrogens is 436 g/mol. The Bertz CT molecular complexity index is 795. The molecule has 0 radical (unpaired) electrons. The molecule has 0 spiro atoms. The van der Waals surface area contributed by atoms with Crippen molar-refractivity contribution in [2.75, 3.05) is 13.6 Å². The van der Waals surface area contributed by atoms with Crippen LogP contribution in [0.5, 0.6) is 0 Å². The van der Waals surface area contributed by atoms with Crippen molar-refractivity contribution in [2.24, 2.45) is 5.92 Å². The third-order valence-corrected chi connectivity index (χ3v) is 6.94. The van der Waals surface area contributed by atoms with E-state index < -0.39 is 42.3 Å². The standard InChI is InChI=1S/C18H25F2N5O5S/c1-8-12(9(2)23-17(28)15(19)20)25(7-26)13(18(29)30)14(8)31-10-4-11(16(27)22-3)24(5-10)6-21/h6-12,15,21H,4-5H2,1-3H3,(H,22,27)(H,23,28)(H,29,30)/t8-,9-,10+,11+,12-/m1/s1. The first-order valence-corrected chi connectivity index (χ1v) is 10.4. The van der Waals surface area contributed by atoms with Crippen LogP contribution in [0.15, 0.2) is 10.6 Å². The van der Waals surface area contributed by atoms with Gasteiger partial charge in [-0.05, 0) is 13.3 Å². The van der Waals surface area contributed by atoms with Crippen molar-refractivity contribution in [1.82, 2.24) is 20.4 Å². The largest absolute Gasteiger partial charge is 0.477 e. The van der Waals surface area contributed by atoms with E-state index in [1.807, 2.05) is 0 Å². The smallest absolute Gasteiger partial charge is 0.353 e. The summed E-state index contributed by atoms with van der Waals surface area (Å²) in [5.41, 5.74) is -0.277. The van der Waals surface area contributed by atoms with Crippen molar-refractivity contribution in [3.05, 3.63) is 10.6 Å². The van der Waals surface area contributed by atoms with Crippen molar-refractivity contribution in [2.45, 2.75) is 50.1 Å². The molecule has 2 rings (SSSR count). The molecule has 0 aromatic heterocycles. The van der Waals surface area contributed by atoms with Gasteiger partial charge >= 0.3 is 12.4 Å². The third kappa shape index (κ3) is 4.97. The lowest BCUT2D eigenvalue weighted by Crippen LogP contribution is -2.51. The zero-order valence-corrected chi connectivity index (χ0v) is 18.0. The Hall–Kier alpha value is -2.70. The van der Waals surface area contributed by atoms with Crippen molar-refractivity contribution in [3.8, 4) is 0 Å². The predicted molar refractivity (Wildman–Crippen MR) is 108 cm³/mol. The Labute approximate surface area is 181 Å². The molecule has 2 heterocycles. The fourth-order valence-electron chi connectivity index (χ4n) is 4.09. The van der Waals surface area contributed by atoms with Crippen LogP contribution in [0.3, 0.4) is 0 Å². The summed E-state index contributed by atoms with van der Waals surface area (Å²) in [6.45, 7) is 3.40. The molecule has 0 bridgehead atoms. The molecule has 31 heavy (non-hydrogen) atoms.